The van der Waals surface area contributed by atoms with Crippen LogP contribution in [0.2, 0.25) is 0 Å². The number of rotatable bonds is 5. The van der Waals surface area contributed by atoms with Crippen LogP contribution in [0.3, 0.4) is 0 Å². The highest BCUT2D eigenvalue weighted by atomic mass is 16.6. The van der Waals surface area contributed by atoms with Gasteiger partial charge in [0.15, 0.2) is 0 Å². The number of nitrogens with zero attached hydrogens (tertiary/aromatic N) is 3. The van der Waals surface area contributed by atoms with Gasteiger partial charge in [0, 0.05) is 6.54 Å². The molecule has 0 amide bonds. The fraction of sp³-hybridized carbons (Fsp3) is 0.286. The minimum Gasteiger partial charge on any atom is -0.433 e. The van der Waals surface area contributed by atoms with Crippen molar-refractivity contribution < 1.29 is 9.66 Å². The van der Waals surface area contributed by atoms with Gasteiger partial charge in [0.25, 0.3) is 0 Å². The Morgan fingerprint density at radius 1 is 1.38 bits per heavy atom. The van der Waals surface area contributed by atoms with Crippen molar-refractivity contribution in [3.63, 3.8) is 0 Å². The van der Waals surface area contributed by atoms with E-state index in [-0.39, 0.29) is 11.6 Å². The Balaban J connectivity index is 2.40. The van der Waals surface area contributed by atoms with E-state index in [0.717, 1.165) is 17.3 Å². The summed E-state index contributed by atoms with van der Waals surface area (Å²) >= 11 is 0. The molecule has 1 N–H and O–H groups in total. The first-order chi connectivity index (χ1) is 10.0. The van der Waals surface area contributed by atoms with Crippen LogP contribution in [0.1, 0.15) is 18.1 Å². The fourth-order valence-corrected chi connectivity index (χ4v) is 1.82. The Labute approximate surface area is 122 Å². The summed E-state index contributed by atoms with van der Waals surface area (Å²) < 4.78 is 5.61. The molecular formula is C14H16N4O3. The topological polar surface area (TPSA) is 90.2 Å². The Kier molecular flexibility index (Phi) is 4.32. The second-order valence-electron chi connectivity index (χ2n) is 4.54. The second kappa shape index (κ2) is 6.17. The lowest BCUT2D eigenvalue weighted by molar-refractivity contribution is -0.386. The van der Waals surface area contributed by atoms with Gasteiger partial charge in [0.1, 0.15) is 11.9 Å². The zero-order valence-corrected chi connectivity index (χ0v) is 12.1. The molecule has 0 radical (unpaired) electrons. The van der Waals surface area contributed by atoms with Crippen molar-refractivity contribution in [1.29, 1.82) is 0 Å². The first-order valence-corrected chi connectivity index (χ1v) is 6.51. The molecule has 0 fully saturated rings. The highest BCUT2D eigenvalue weighted by molar-refractivity contribution is 5.47. The van der Waals surface area contributed by atoms with E-state index in [1.54, 1.807) is 6.07 Å². The van der Waals surface area contributed by atoms with Gasteiger partial charge >= 0.3 is 11.6 Å². The van der Waals surface area contributed by atoms with Gasteiger partial charge in [-0.2, -0.15) is 4.98 Å². The van der Waals surface area contributed by atoms with Gasteiger partial charge in [0.2, 0.25) is 5.95 Å². The van der Waals surface area contributed by atoms with Crippen LogP contribution in [0.15, 0.2) is 24.4 Å². The van der Waals surface area contributed by atoms with Crippen molar-refractivity contribution in [2.45, 2.75) is 20.8 Å². The molecule has 0 aliphatic heterocycles. The fourth-order valence-electron chi connectivity index (χ4n) is 1.82. The average Bonchev–Trinajstić information content (AvgIpc) is 2.42. The smallest absolute Gasteiger partial charge is 0.349 e. The average molecular weight is 288 g/mol. The number of hydrogen-bond acceptors (Lipinski definition) is 6. The summed E-state index contributed by atoms with van der Waals surface area (Å²) in [5.74, 6) is 0.755. The normalized spacial score (nSPS) is 10.2. The largest absolute Gasteiger partial charge is 0.433 e. The first-order valence-electron chi connectivity index (χ1n) is 6.51. The number of hydrogen-bond donors (Lipinski definition) is 1. The zero-order valence-electron chi connectivity index (χ0n) is 12.1. The summed E-state index contributed by atoms with van der Waals surface area (Å²) in [4.78, 5) is 18.4. The zero-order chi connectivity index (χ0) is 15.4. The summed E-state index contributed by atoms with van der Waals surface area (Å²) in [7, 11) is 0. The third-order valence-corrected chi connectivity index (χ3v) is 2.80. The molecule has 1 heterocycles. The highest BCUT2D eigenvalue weighted by Gasteiger charge is 2.20. The van der Waals surface area contributed by atoms with Crippen LogP contribution in [0, 0.1) is 24.0 Å². The van der Waals surface area contributed by atoms with E-state index in [9.17, 15) is 10.1 Å². The summed E-state index contributed by atoms with van der Waals surface area (Å²) in [6, 6.07) is 5.58. The van der Waals surface area contributed by atoms with Crippen molar-refractivity contribution in [3.8, 4) is 11.6 Å². The molecule has 0 bridgehead atoms. The standard InChI is InChI=1S/C14H16N4O3/c1-4-15-14-16-8-11(18(19)20)13(17-14)21-12-6-5-9(2)7-10(12)3/h5-8H,4H2,1-3H3,(H,15,16,17). The van der Waals surface area contributed by atoms with Crippen LogP contribution < -0.4 is 10.1 Å². The van der Waals surface area contributed by atoms with Crippen LogP contribution in [-0.2, 0) is 0 Å². The van der Waals surface area contributed by atoms with Crippen molar-refractivity contribution in [3.05, 3.63) is 45.6 Å². The van der Waals surface area contributed by atoms with Gasteiger partial charge in [-0.15, -0.1) is 0 Å². The number of ether oxygens (including phenoxy) is 1. The monoisotopic (exact) mass is 288 g/mol. The first kappa shape index (κ1) is 14.7. The molecule has 2 aromatic rings. The molecule has 7 nitrogen and oxygen atoms in total. The van der Waals surface area contributed by atoms with Crippen LogP contribution in [0.5, 0.6) is 11.6 Å². The van der Waals surface area contributed by atoms with Gasteiger partial charge in [-0.25, -0.2) is 4.98 Å². The lowest BCUT2D eigenvalue weighted by Gasteiger charge is -2.09. The van der Waals surface area contributed by atoms with Crippen LogP contribution >= 0.6 is 0 Å². The molecule has 110 valence electrons. The van der Waals surface area contributed by atoms with E-state index in [1.807, 2.05) is 32.9 Å². The number of nitro groups is 1. The van der Waals surface area contributed by atoms with E-state index >= 15 is 0 Å². The number of anilines is 1. The van der Waals surface area contributed by atoms with Crippen molar-refractivity contribution in [1.82, 2.24) is 9.97 Å². The molecule has 0 saturated carbocycles. The Morgan fingerprint density at radius 3 is 2.76 bits per heavy atom. The van der Waals surface area contributed by atoms with Crippen LogP contribution in [-0.4, -0.2) is 21.4 Å². The SMILES string of the molecule is CCNc1ncc([N+](=O)[O-])c(Oc2ccc(C)cc2C)n1. The number of benzene rings is 1. The molecule has 21 heavy (non-hydrogen) atoms. The molecule has 0 spiro atoms. The molecule has 1 aromatic carbocycles. The maximum Gasteiger partial charge on any atom is 0.349 e. The van der Waals surface area contributed by atoms with Gasteiger partial charge < -0.3 is 10.1 Å². The molecule has 0 aliphatic rings. The maximum absolute atomic E-state index is 11.0. The van der Waals surface area contributed by atoms with Crippen LogP contribution in [0.25, 0.3) is 0 Å². The Bertz CT molecular complexity index is 673. The second-order valence-corrected chi connectivity index (χ2v) is 4.54. The van der Waals surface area contributed by atoms with Gasteiger partial charge in [-0.1, -0.05) is 17.7 Å². The molecule has 1 aromatic heterocycles. The lowest BCUT2D eigenvalue weighted by Crippen LogP contribution is -2.05. The highest BCUT2D eigenvalue weighted by Crippen LogP contribution is 2.31. The van der Waals surface area contributed by atoms with Gasteiger partial charge in [-0.05, 0) is 32.4 Å². The molecule has 0 atom stereocenters. The summed E-state index contributed by atoms with van der Waals surface area (Å²) in [6.45, 7) is 6.34. The van der Waals surface area contributed by atoms with Crippen molar-refractivity contribution in [2.24, 2.45) is 0 Å². The summed E-state index contributed by atoms with van der Waals surface area (Å²) in [5, 5.41) is 13.9. The number of aryl methyl sites for hydroxylation is 2. The molecular weight excluding hydrogens is 272 g/mol. The predicted octanol–water partition coefficient (Wildman–Crippen LogP) is 3.23. The van der Waals surface area contributed by atoms with Gasteiger partial charge in [-0.3, -0.25) is 10.1 Å². The molecule has 0 saturated heterocycles. The number of aromatic nitrogens is 2. The van der Waals surface area contributed by atoms with E-state index < -0.39 is 4.92 Å². The van der Waals surface area contributed by atoms with Crippen LogP contribution in [0.4, 0.5) is 11.6 Å². The third kappa shape index (κ3) is 3.44. The molecule has 0 unspecified atom stereocenters. The summed E-state index contributed by atoms with van der Waals surface area (Å²) in [5.41, 5.74) is 1.70. The minimum absolute atomic E-state index is 0.0714. The van der Waals surface area contributed by atoms with E-state index in [2.05, 4.69) is 15.3 Å². The van der Waals surface area contributed by atoms with E-state index in [4.69, 9.17) is 4.74 Å². The maximum atomic E-state index is 11.0. The molecule has 2 rings (SSSR count). The predicted molar refractivity (Wildman–Crippen MR) is 78.8 cm³/mol. The number of nitrogens with one attached hydrogen (secondary N) is 1. The lowest BCUT2D eigenvalue weighted by atomic mass is 10.1. The molecule has 0 aliphatic carbocycles. The minimum atomic E-state index is -0.561. The van der Waals surface area contributed by atoms with Gasteiger partial charge in [0.05, 0.1) is 4.92 Å². The third-order valence-electron chi connectivity index (χ3n) is 2.80. The Morgan fingerprint density at radius 2 is 2.14 bits per heavy atom. The Hall–Kier alpha value is -2.70. The summed E-state index contributed by atoms with van der Waals surface area (Å²) in [6.07, 6.45) is 1.14. The quantitative estimate of drug-likeness (QED) is 0.671. The van der Waals surface area contributed by atoms with E-state index in [0.29, 0.717) is 18.2 Å². The molecule has 7 heteroatoms. The van der Waals surface area contributed by atoms with Crippen molar-refractivity contribution >= 4 is 11.6 Å². The van der Waals surface area contributed by atoms with E-state index in [1.165, 1.54) is 0 Å². The van der Waals surface area contributed by atoms with Crippen molar-refractivity contribution in [2.75, 3.05) is 11.9 Å².